The Morgan fingerprint density at radius 1 is 0.667 bits per heavy atom. The van der Waals surface area contributed by atoms with Gasteiger partial charge in [-0.25, -0.2) is 4.39 Å². The quantitative estimate of drug-likeness (QED) is 0.0605. The lowest BCUT2D eigenvalue weighted by molar-refractivity contribution is -0.152. The lowest BCUT2D eigenvalue weighted by atomic mass is 9.92. The molecule has 0 aliphatic rings. The highest BCUT2D eigenvalue weighted by molar-refractivity contribution is 5.76. The molecule has 0 saturated carbocycles. The van der Waals surface area contributed by atoms with E-state index in [0.29, 0.717) is 25.7 Å². The van der Waals surface area contributed by atoms with E-state index >= 15 is 4.39 Å². The van der Waals surface area contributed by atoms with Crippen LogP contribution in [-0.2, 0) is 25.7 Å². The van der Waals surface area contributed by atoms with Crippen molar-refractivity contribution in [1.29, 1.82) is 0 Å². The average molecular weight is 677 g/mol. The maximum absolute atomic E-state index is 15.5. The Hall–Kier alpha value is -1.99. The van der Waals surface area contributed by atoms with Crippen molar-refractivity contribution in [2.45, 2.75) is 180 Å². The Labute approximate surface area is 294 Å². The van der Waals surface area contributed by atoms with Gasteiger partial charge >= 0.3 is 11.9 Å². The van der Waals surface area contributed by atoms with Gasteiger partial charge in [-0.1, -0.05) is 154 Å². The van der Waals surface area contributed by atoms with Crippen molar-refractivity contribution in [1.82, 2.24) is 10.2 Å². The molecule has 48 heavy (non-hydrogen) atoms. The van der Waals surface area contributed by atoms with Crippen molar-refractivity contribution < 1.29 is 23.5 Å². The minimum absolute atomic E-state index is 0.00683. The Bertz CT molecular complexity index is 900. The van der Waals surface area contributed by atoms with Gasteiger partial charge in [-0.15, -0.1) is 0 Å². The predicted molar refractivity (Wildman–Crippen MR) is 199 cm³/mol. The zero-order valence-corrected chi connectivity index (χ0v) is 31.6. The molecule has 0 aliphatic carbocycles. The molecule has 0 fully saturated rings. The third kappa shape index (κ3) is 22.6. The van der Waals surface area contributed by atoms with Gasteiger partial charge in [0.25, 0.3) is 0 Å². The van der Waals surface area contributed by atoms with Gasteiger partial charge in [0.15, 0.2) is 0 Å². The molecule has 0 radical (unpaired) electrons. The smallest absolute Gasteiger partial charge is 0.323 e. The average Bonchev–Trinajstić information content (AvgIpc) is 3.08. The number of ether oxygens (including phenoxy) is 2. The van der Waals surface area contributed by atoms with Crippen molar-refractivity contribution in [2.24, 2.45) is 5.92 Å². The number of rotatable bonds is 32. The van der Waals surface area contributed by atoms with E-state index < -0.39 is 24.1 Å². The van der Waals surface area contributed by atoms with Crippen LogP contribution in [0.5, 0.6) is 0 Å². The van der Waals surface area contributed by atoms with Crippen molar-refractivity contribution in [3.05, 3.63) is 35.9 Å². The van der Waals surface area contributed by atoms with Crippen LogP contribution in [0.25, 0.3) is 0 Å². The number of halogens is 1. The number of hydrogen-bond donors (Lipinski definition) is 1. The summed E-state index contributed by atoms with van der Waals surface area (Å²) in [6, 6.07) is 9.28. The largest absolute Gasteiger partial charge is 0.465 e. The van der Waals surface area contributed by atoms with E-state index in [1.165, 1.54) is 38.5 Å². The monoisotopic (exact) mass is 677 g/mol. The molecule has 7 heteroatoms. The van der Waals surface area contributed by atoms with E-state index in [9.17, 15) is 9.59 Å². The van der Waals surface area contributed by atoms with Gasteiger partial charge in [0.1, 0.15) is 18.8 Å². The summed E-state index contributed by atoms with van der Waals surface area (Å²) < 4.78 is 27.1. The Kier molecular flexibility index (Phi) is 27.4. The number of benzene rings is 1. The predicted octanol–water partition coefficient (Wildman–Crippen LogP) is 10.4. The minimum atomic E-state index is -1.16. The topological polar surface area (TPSA) is 67.9 Å². The summed E-state index contributed by atoms with van der Waals surface area (Å²) in [7, 11) is 4.01. The molecule has 0 aliphatic heterocycles. The zero-order chi connectivity index (χ0) is 35.2. The molecule has 1 rings (SSSR count). The van der Waals surface area contributed by atoms with Crippen LogP contribution in [0.1, 0.15) is 161 Å². The summed E-state index contributed by atoms with van der Waals surface area (Å²) in [6.45, 7) is 7.77. The fourth-order valence-electron chi connectivity index (χ4n) is 6.22. The van der Waals surface area contributed by atoms with Crippen molar-refractivity contribution in [3.8, 4) is 0 Å². The van der Waals surface area contributed by atoms with Crippen LogP contribution in [0.2, 0.25) is 0 Å². The van der Waals surface area contributed by atoms with E-state index in [2.05, 4.69) is 31.0 Å². The van der Waals surface area contributed by atoms with Crippen molar-refractivity contribution in [3.63, 3.8) is 0 Å². The number of unbranched alkanes of at least 4 members (excludes halogenated alkanes) is 13. The summed E-state index contributed by atoms with van der Waals surface area (Å²) in [5.41, 5.74) is 0.958. The SMILES string of the molecule is CCCCCCCCCC(CCOC(=O)C(CCCCCC)C(F)CCCCCCC)NC(CCN(C)C)C(=O)OCc1ccccc1. The zero-order valence-electron chi connectivity index (χ0n) is 31.6. The van der Waals surface area contributed by atoms with Crippen molar-refractivity contribution in [2.75, 3.05) is 27.2 Å². The Morgan fingerprint density at radius 2 is 1.21 bits per heavy atom. The standard InChI is InChI=1S/C41H73FN2O4/c1-6-9-12-15-16-18-22-27-36(43-39(30-32-44(4)5)41(46)48-34-35-25-20-19-21-26-35)31-33-47-40(45)37(28-23-14-11-8-3)38(42)29-24-17-13-10-7-2/h19-21,25-26,36-39,43H,6-18,22-24,27-34H2,1-5H3. The lowest BCUT2D eigenvalue weighted by Gasteiger charge is -2.26. The molecule has 0 amide bonds. The summed E-state index contributed by atoms with van der Waals surface area (Å²) >= 11 is 0. The summed E-state index contributed by atoms with van der Waals surface area (Å²) in [5.74, 6) is -1.34. The number of hydrogen-bond acceptors (Lipinski definition) is 6. The van der Waals surface area contributed by atoms with Crippen molar-refractivity contribution >= 4 is 11.9 Å². The number of esters is 2. The number of alkyl halides is 1. The molecule has 4 unspecified atom stereocenters. The minimum Gasteiger partial charge on any atom is -0.465 e. The molecule has 0 saturated heterocycles. The highest BCUT2D eigenvalue weighted by Gasteiger charge is 2.30. The van der Waals surface area contributed by atoms with E-state index in [0.717, 1.165) is 82.7 Å². The highest BCUT2D eigenvalue weighted by Crippen LogP contribution is 2.24. The lowest BCUT2D eigenvalue weighted by Crippen LogP contribution is -2.46. The first-order valence-corrected chi connectivity index (χ1v) is 19.7. The second-order valence-electron chi connectivity index (χ2n) is 14.1. The second-order valence-corrected chi connectivity index (χ2v) is 14.1. The molecule has 278 valence electrons. The van der Waals surface area contributed by atoms with Gasteiger partial charge < -0.3 is 19.7 Å². The summed E-state index contributed by atoms with van der Waals surface area (Å²) in [5, 5.41) is 3.61. The van der Waals surface area contributed by atoms with E-state index in [-0.39, 0.29) is 25.2 Å². The molecular formula is C41H73FN2O4. The second kappa shape index (κ2) is 29.9. The number of carbonyl (C=O) groups is 2. The number of nitrogens with one attached hydrogen (secondary N) is 1. The number of carbonyl (C=O) groups excluding carboxylic acids is 2. The van der Waals surface area contributed by atoms with Gasteiger partial charge in [0.05, 0.1) is 12.5 Å². The maximum atomic E-state index is 15.5. The van der Waals surface area contributed by atoms with Crippen LogP contribution in [0.15, 0.2) is 30.3 Å². The Balaban J connectivity index is 2.88. The van der Waals surface area contributed by atoms with Crippen LogP contribution in [0, 0.1) is 5.92 Å². The summed E-state index contributed by atoms with van der Waals surface area (Å²) in [6.07, 6.45) is 19.7. The van der Waals surface area contributed by atoms with Crippen LogP contribution in [0.3, 0.4) is 0 Å². The third-order valence-corrected chi connectivity index (χ3v) is 9.37. The van der Waals surface area contributed by atoms with Crippen LogP contribution in [0.4, 0.5) is 4.39 Å². The maximum Gasteiger partial charge on any atom is 0.323 e. The molecule has 0 spiro atoms. The molecule has 0 heterocycles. The van der Waals surface area contributed by atoms with Crippen LogP contribution in [-0.4, -0.2) is 62.3 Å². The molecule has 0 bridgehead atoms. The van der Waals surface area contributed by atoms with Gasteiger partial charge in [-0.2, -0.15) is 0 Å². The van der Waals surface area contributed by atoms with E-state index in [1.54, 1.807) is 0 Å². The Morgan fingerprint density at radius 3 is 1.81 bits per heavy atom. The third-order valence-electron chi connectivity index (χ3n) is 9.37. The first-order valence-electron chi connectivity index (χ1n) is 19.7. The molecule has 0 aromatic heterocycles. The molecule has 1 aromatic carbocycles. The first-order chi connectivity index (χ1) is 23.3. The van der Waals surface area contributed by atoms with E-state index in [1.807, 2.05) is 44.4 Å². The number of nitrogens with zero attached hydrogens (tertiary/aromatic N) is 1. The fraction of sp³-hybridized carbons (Fsp3) is 0.805. The molecule has 1 aromatic rings. The van der Waals surface area contributed by atoms with Gasteiger partial charge in [-0.3, -0.25) is 9.59 Å². The first kappa shape index (κ1) is 44.0. The molecule has 4 atom stereocenters. The molecular weight excluding hydrogens is 603 g/mol. The molecule has 1 N–H and O–H groups in total. The molecule has 6 nitrogen and oxygen atoms in total. The highest BCUT2D eigenvalue weighted by atomic mass is 19.1. The summed E-state index contributed by atoms with van der Waals surface area (Å²) in [4.78, 5) is 28.7. The fourth-order valence-corrected chi connectivity index (χ4v) is 6.22. The normalized spacial score (nSPS) is 14.1. The van der Waals surface area contributed by atoms with Gasteiger partial charge in [-0.05, 0) is 58.3 Å². The van der Waals surface area contributed by atoms with Crippen LogP contribution < -0.4 is 5.32 Å². The van der Waals surface area contributed by atoms with E-state index in [4.69, 9.17) is 9.47 Å². The van der Waals surface area contributed by atoms with Crippen LogP contribution >= 0.6 is 0 Å². The van der Waals surface area contributed by atoms with Gasteiger partial charge in [0.2, 0.25) is 0 Å². The van der Waals surface area contributed by atoms with Gasteiger partial charge in [0, 0.05) is 6.04 Å².